The molecule has 1 fully saturated rings. The van der Waals surface area contributed by atoms with Crippen LogP contribution in [0.15, 0.2) is 36.5 Å². The van der Waals surface area contributed by atoms with Crippen molar-refractivity contribution in [2.24, 2.45) is 0 Å². The lowest BCUT2D eigenvalue weighted by Gasteiger charge is -2.27. The van der Waals surface area contributed by atoms with Crippen molar-refractivity contribution in [3.05, 3.63) is 36.5 Å². The van der Waals surface area contributed by atoms with Crippen molar-refractivity contribution in [1.82, 2.24) is 9.47 Å². The van der Waals surface area contributed by atoms with Crippen LogP contribution >= 0.6 is 0 Å². The van der Waals surface area contributed by atoms with Gasteiger partial charge < -0.3 is 9.30 Å². The Labute approximate surface area is 95.2 Å². The largest absolute Gasteiger partial charge is 0.379 e. The van der Waals surface area contributed by atoms with Gasteiger partial charge in [0.15, 0.2) is 0 Å². The lowest BCUT2D eigenvalue weighted by atomic mass is 10.2. The van der Waals surface area contributed by atoms with E-state index in [2.05, 4.69) is 46.0 Å². The van der Waals surface area contributed by atoms with Gasteiger partial charge in [-0.3, -0.25) is 4.90 Å². The highest BCUT2D eigenvalue weighted by Crippen LogP contribution is 2.15. The smallest absolute Gasteiger partial charge is 0.0752 e. The second-order valence-electron chi connectivity index (χ2n) is 4.22. The molecule has 3 nitrogen and oxygen atoms in total. The predicted molar refractivity (Wildman–Crippen MR) is 64.3 cm³/mol. The number of ether oxygens (including phenoxy) is 1. The average molecular weight is 216 g/mol. The molecule has 1 aliphatic heterocycles. The Morgan fingerprint density at radius 2 is 1.88 bits per heavy atom. The maximum Gasteiger partial charge on any atom is 0.0752 e. The third kappa shape index (κ3) is 1.84. The van der Waals surface area contributed by atoms with E-state index in [1.165, 1.54) is 10.9 Å². The maximum atomic E-state index is 5.36. The number of para-hydroxylation sites is 1. The molecule has 3 rings (SSSR count). The van der Waals surface area contributed by atoms with Crippen molar-refractivity contribution >= 4 is 10.9 Å². The summed E-state index contributed by atoms with van der Waals surface area (Å²) >= 11 is 0. The number of aromatic nitrogens is 1. The highest BCUT2D eigenvalue weighted by molar-refractivity contribution is 5.79. The summed E-state index contributed by atoms with van der Waals surface area (Å²) in [5.41, 5.74) is 1.31. The summed E-state index contributed by atoms with van der Waals surface area (Å²) in [4.78, 5) is 2.43. The van der Waals surface area contributed by atoms with Crippen LogP contribution in [0.3, 0.4) is 0 Å². The molecule has 0 spiro atoms. The molecule has 16 heavy (non-hydrogen) atoms. The van der Waals surface area contributed by atoms with Crippen molar-refractivity contribution in [2.45, 2.75) is 6.67 Å². The van der Waals surface area contributed by atoms with Gasteiger partial charge >= 0.3 is 0 Å². The molecule has 1 saturated heterocycles. The molecule has 1 aliphatic rings. The van der Waals surface area contributed by atoms with Gasteiger partial charge in [-0.2, -0.15) is 0 Å². The number of fused-ring (bicyclic) bond motifs is 1. The molecular weight excluding hydrogens is 200 g/mol. The van der Waals surface area contributed by atoms with E-state index in [0.29, 0.717) is 0 Å². The molecule has 84 valence electrons. The van der Waals surface area contributed by atoms with E-state index in [1.807, 2.05) is 0 Å². The van der Waals surface area contributed by atoms with Crippen LogP contribution in [0.4, 0.5) is 0 Å². The average Bonchev–Trinajstić information content (AvgIpc) is 2.74. The van der Waals surface area contributed by atoms with Gasteiger partial charge in [0.1, 0.15) is 0 Å². The van der Waals surface area contributed by atoms with E-state index in [4.69, 9.17) is 4.74 Å². The summed E-state index contributed by atoms with van der Waals surface area (Å²) < 4.78 is 7.66. The Kier molecular flexibility index (Phi) is 2.64. The summed E-state index contributed by atoms with van der Waals surface area (Å²) in [6.45, 7) is 4.76. The maximum absolute atomic E-state index is 5.36. The third-order valence-corrected chi connectivity index (χ3v) is 3.14. The molecule has 0 amide bonds. The molecule has 0 atom stereocenters. The SMILES string of the molecule is c1ccc2c(c1)ccn2CN1CCOCC1. The summed E-state index contributed by atoms with van der Waals surface area (Å²) in [6.07, 6.45) is 2.17. The molecule has 2 aromatic rings. The zero-order valence-electron chi connectivity index (χ0n) is 9.30. The molecule has 0 bridgehead atoms. The monoisotopic (exact) mass is 216 g/mol. The van der Waals surface area contributed by atoms with Gasteiger partial charge in [0.05, 0.1) is 19.9 Å². The Hall–Kier alpha value is -1.32. The second kappa shape index (κ2) is 4.28. The summed E-state index contributed by atoms with van der Waals surface area (Å²) in [7, 11) is 0. The van der Waals surface area contributed by atoms with E-state index in [1.54, 1.807) is 0 Å². The van der Waals surface area contributed by atoms with Crippen molar-refractivity contribution in [1.29, 1.82) is 0 Å². The van der Waals surface area contributed by atoms with E-state index in [9.17, 15) is 0 Å². The highest BCUT2D eigenvalue weighted by Gasteiger charge is 2.11. The fourth-order valence-electron chi connectivity index (χ4n) is 2.22. The molecule has 1 aromatic carbocycles. The van der Waals surface area contributed by atoms with E-state index >= 15 is 0 Å². The molecule has 0 radical (unpaired) electrons. The minimum Gasteiger partial charge on any atom is -0.379 e. The molecule has 2 heterocycles. The molecule has 0 N–H and O–H groups in total. The fraction of sp³-hybridized carbons (Fsp3) is 0.385. The van der Waals surface area contributed by atoms with Gasteiger partial charge in [0, 0.05) is 24.8 Å². The zero-order valence-corrected chi connectivity index (χ0v) is 9.30. The lowest BCUT2D eigenvalue weighted by molar-refractivity contribution is 0.0242. The van der Waals surface area contributed by atoms with Gasteiger partial charge in [0.25, 0.3) is 0 Å². The Morgan fingerprint density at radius 3 is 2.75 bits per heavy atom. The second-order valence-corrected chi connectivity index (χ2v) is 4.22. The van der Waals surface area contributed by atoms with Crippen LogP contribution in [0.2, 0.25) is 0 Å². The number of nitrogens with zero attached hydrogens (tertiary/aromatic N) is 2. The highest BCUT2D eigenvalue weighted by atomic mass is 16.5. The van der Waals surface area contributed by atoms with Crippen LogP contribution in [-0.2, 0) is 11.4 Å². The Balaban J connectivity index is 1.83. The number of hydrogen-bond donors (Lipinski definition) is 0. The van der Waals surface area contributed by atoms with Crippen molar-refractivity contribution in [2.75, 3.05) is 26.3 Å². The quantitative estimate of drug-likeness (QED) is 0.763. The minimum atomic E-state index is 0.860. The zero-order chi connectivity index (χ0) is 10.8. The number of hydrogen-bond acceptors (Lipinski definition) is 2. The standard InChI is InChI=1S/C13H16N2O/c1-2-4-13-12(3-1)5-6-15(13)11-14-7-9-16-10-8-14/h1-6H,7-11H2. The summed E-state index contributed by atoms with van der Waals surface area (Å²) in [6, 6.07) is 10.7. The minimum absolute atomic E-state index is 0.860. The van der Waals surface area contributed by atoms with Gasteiger partial charge in [0.2, 0.25) is 0 Å². The molecule has 0 aliphatic carbocycles. The van der Waals surface area contributed by atoms with Crippen LogP contribution < -0.4 is 0 Å². The third-order valence-electron chi connectivity index (χ3n) is 3.14. The fourth-order valence-corrected chi connectivity index (χ4v) is 2.22. The molecule has 3 heteroatoms. The number of rotatable bonds is 2. The Bertz CT molecular complexity index is 471. The first-order chi connectivity index (χ1) is 7.93. The predicted octanol–water partition coefficient (Wildman–Crippen LogP) is 1.93. The van der Waals surface area contributed by atoms with Crippen LogP contribution in [0.25, 0.3) is 10.9 Å². The van der Waals surface area contributed by atoms with Crippen molar-refractivity contribution in [3.63, 3.8) is 0 Å². The summed E-state index contributed by atoms with van der Waals surface area (Å²) in [5.74, 6) is 0. The van der Waals surface area contributed by atoms with Crippen molar-refractivity contribution < 1.29 is 4.74 Å². The first-order valence-corrected chi connectivity index (χ1v) is 5.77. The molecule has 0 saturated carbocycles. The van der Waals surface area contributed by atoms with Crippen LogP contribution in [0.1, 0.15) is 0 Å². The summed E-state index contributed by atoms with van der Waals surface area (Å²) in [5, 5.41) is 1.32. The molecule has 0 unspecified atom stereocenters. The van der Waals surface area contributed by atoms with Gasteiger partial charge in [-0.25, -0.2) is 0 Å². The van der Waals surface area contributed by atoms with Crippen LogP contribution in [0, 0.1) is 0 Å². The van der Waals surface area contributed by atoms with Gasteiger partial charge in [-0.15, -0.1) is 0 Å². The van der Waals surface area contributed by atoms with Crippen LogP contribution in [0.5, 0.6) is 0 Å². The topological polar surface area (TPSA) is 17.4 Å². The van der Waals surface area contributed by atoms with E-state index in [-0.39, 0.29) is 0 Å². The van der Waals surface area contributed by atoms with Gasteiger partial charge in [-0.05, 0) is 17.5 Å². The number of morpholine rings is 1. The van der Waals surface area contributed by atoms with Crippen LogP contribution in [-0.4, -0.2) is 35.8 Å². The molecule has 1 aromatic heterocycles. The van der Waals surface area contributed by atoms with E-state index in [0.717, 1.165) is 33.0 Å². The first kappa shape index (κ1) is 9.87. The normalized spacial score (nSPS) is 18.0. The first-order valence-electron chi connectivity index (χ1n) is 5.77. The van der Waals surface area contributed by atoms with E-state index < -0.39 is 0 Å². The lowest BCUT2D eigenvalue weighted by Crippen LogP contribution is -2.37. The number of benzene rings is 1. The Morgan fingerprint density at radius 1 is 1.06 bits per heavy atom. The van der Waals surface area contributed by atoms with Crippen molar-refractivity contribution in [3.8, 4) is 0 Å². The van der Waals surface area contributed by atoms with Gasteiger partial charge in [-0.1, -0.05) is 18.2 Å². The molecular formula is C13H16N2O.